The molecule has 2 amide bonds. The van der Waals surface area contributed by atoms with Crippen LogP contribution in [0.4, 0.5) is 26.1 Å². The van der Waals surface area contributed by atoms with Crippen molar-refractivity contribution in [2.45, 2.75) is 34.1 Å². The molecule has 1 aliphatic heterocycles. The zero-order chi connectivity index (χ0) is 37.4. The Morgan fingerprint density at radius 2 is 1.65 bits per heavy atom. The number of likely N-dealkylation sites (N-methyl/N-ethyl adjacent to an activating group) is 1. The number of hydrogen-bond acceptors (Lipinski definition) is 9. The first kappa shape index (κ1) is 38.4. The SMILES string of the molecule is CCN(CC)C(=O)c1ccc(Oc2nc(Nc3ccc(OCCCN4CCN(C)CC4)c(F)c3)ncc2C(=O)Nc2c(C)cc(F)cc2C)c(Cl)c1. The van der Waals surface area contributed by atoms with Crippen molar-refractivity contribution >= 4 is 40.7 Å². The average molecular weight is 736 g/mol. The Balaban J connectivity index is 1.35. The number of anilines is 3. The zero-order valence-electron chi connectivity index (χ0n) is 30.1. The number of hydrogen-bond donors (Lipinski definition) is 2. The van der Waals surface area contributed by atoms with Crippen molar-refractivity contribution in [3.05, 3.63) is 93.6 Å². The van der Waals surface area contributed by atoms with Gasteiger partial charge in [-0.25, -0.2) is 13.8 Å². The first-order valence-corrected chi connectivity index (χ1v) is 17.7. The summed E-state index contributed by atoms with van der Waals surface area (Å²) in [5, 5.41) is 5.87. The van der Waals surface area contributed by atoms with Crippen LogP contribution in [-0.2, 0) is 0 Å². The summed E-state index contributed by atoms with van der Waals surface area (Å²) >= 11 is 6.58. The van der Waals surface area contributed by atoms with Gasteiger partial charge >= 0.3 is 0 Å². The molecule has 11 nitrogen and oxygen atoms in total. The van der Waals surface area contributed by atoms with Crippen molar-refractivity contribution in [1.29, 1.82) is 0 Å². The van der Waals surface area contributed by atoms with Gasteiger partial charge in [0.05, 0.1) is 11.6 Å². The van der Waals surface area contributed by atoms with Crippen molar-refractivity contribution in [2.75, 3.05) is 70.1 Å². The number of carbonyl (C=O) groups excluding carboxylic acids is 2. The molecule has 1 aliphatic rings. The molecule has 0 atom stereocenters. The van der Waals surface area contributed by atoms with E-state index in [2.05, 4.69) is 37.4 Å². The van der Waals surface area contributed by atoms with E-state index < -0.39 is 17.5 Å². The Hall–Kier alpha value is -4.85. The summed E-state index contributed by atoms with van der Waals surface area (Å²) in [7, 11) is 2.11. The Kier molecular flexibility index (Phi) is 13.0. The third-order valence-corrected chi connectivity index (χ3v) is 9.13. The number of aromatic nitrogens is 2. The van der Waals surface area contributed by atoms with E-state index in [1.54, 1.807) is 30.9 Å². The van der Waals surface area contributed by atoms with Crippen LogP contribution >= 0.6 is 11.6 Å². The quantitative estimate of drug-likeness (QED) is 0.129. The fourth-order valence-corrected chi connectivity index (χ4v) is 6.05. The third-order valence-electron chi connectivity index (χ3n) is 8.83. The molecule has 1 aromatic heterocycles. The Morgan fingerprint density at radius 1 is 0.962 bits per heavy atom. The van der Waals surface area contributed by atoms with Gasteiger partial charge in [-0.1, -0.05) is 11.6 Å². The number of benzene rings is 3. The van der Waals surface area contributed by atoms with Crippen LogP contribution in [0.25, 0.3) is 0 Å². The molecule has 2 N–H and O–H groups in total. The van der Waals surface area contributed by atoms with Gasteiger partial charge in [-0.2, -0.15) is 4.98 Å². The molecule has 0 spiro atoms. The van der Waals surface area contributed by atoms with Gasteiger partial charge in [0.25, 0.3) is 11.8 Å². The predicted octanol–water partition coefficient (Wildman–Crippen LogP) is 7.31. The molecule has 52 heavy (non-hydrogen) atoms. The molecule has 276 valence electrons. The largest absolute Gasteiger partial charge is 0.490 e. The Labute approximate surface area is 307 Å². The summed E-state index contributed by atoms with van der Waals surface area (Å²) in [6.45, 7) is 13.6. The van der Waals surface area contributed by atoms with Crippen molar-refractivity contribution in [2.24, 2.45) is 0 Å². The number of ether oxygens (including phenoxy) is 2. The lowest BCUT2D eigenvalue weighted by Gasteiger charge is -2.32. The highest BCUT2D eigenvalue weighted by Gasteiger charge is 2.22. The van der Waals surface area contributed by atoms with Crippen molar-refractivity contribution < 1.29 is 27.8 Å². The second-order valence-electron chi connectivity index (χ2n) is 12.6. The van der Waals surface area contributed by atoms with Gasteiger partial charge in [0.1, 0.15) is 17.1 Å². The Morgan fingerprint density at radius 3 is 2.31 bits per heavy atom. The maximum absolute atomic E-state index is 15.1. The van der Waals surface area contributed by atoms with E-state index in [0.717, 1.165) is 39.1 Å². The minimum absolute atomic E-state index is 0.00499. The molecule has 1 fully saturated rings. The van der Waals surface area contributed by atoms with E-state index in [4.69, 9.17) is 21.1 Å². The number of nitrogens with one attached hydrogen (secondary N) is 2. The van der Waals surface area contributed by atoms with Crippen molar-refractivity contribution in [3.8, 4) is 17.4 Å². The maximum Gasteiger partial charge on any atom is 0.262 e. The highest BCUT2D eigenvalue weighted by Crippen LogP contribution is 2.33. The van der Waals surface area contributed by atoms with Crippen LogP contribution in [0.15, 0.2) is 54.7 Å². The number of aryl methyl sites for hydroxylation is 2. The van der Waals surface area contributed by atoms with Crippen LogP contribution in [0.1, 0.15) is 52.1 Å². The Bertz CT molecular complexity index is 1880. The van der Waals surface area contributed by atoms with Gasteiger partial charge in [0.15, 0.2) is 11.6 Å². The monoisotopic (exact) mass is 735 g/mol. The molecule has 0 unspecified atom stereocenters. The number of rotatable bonds is 14. The summed E-state index contributed by atoms with van der Waals surface area (Å²) < 4.78 is 40.8. The lowest BCUT2D eigenvalue weighted by molar-refractivity contribution is 0.0772. The van der Waals surface area contributed by atoms with E-state index in [0.29, 0.717) is 47.8 Å². The molecule has 2 heterocycles. The molecule has 0 radical (unpaired) electrons. The van der Waals surface area contributed by atoms with Crippen LogP contribution in [0.5, 0.6) is 17.4 Å². The van der Waals surface area contributed by atoms with Crippen LogP contribution < -0.4 is 20.1 Å². The first-order chi connectivity index (χ1) is 24.9. The van der Waals surface area contributed by atoms with Gasteiger partial charge in [-0.05, 0) is 94.8 Å². The fraction of sp³-hybridized carbons (Fsp3) is 0.368. The minimum Gasteiger partial charge on any atom is -0.490 e. The number of halogens is 3. The number of nitrogens with zero attached hydrogens (tertiary/aromatic N) is 5. The summed E-state index contributed by atoms with van der Waals surface area (Å²) in [4.78, 5) is 41.6. The standard InChI is InChI=1S/C38H44ClF2N7O4/c1-6-48(7-2)37(50)26-9-11-32(30(39)21-26)52-36-29(35(49)44-34-24(3)19-27(40)20-25(34)4)23-42-38(45-36)43-28-10-12-33(31(41)22-28)51-18-8-13-47-16-14-46(5)15-17-47/h9-12,19-23H,6-8,13-18H2,1-5H3,(H,44,49)(H,42,43,45). The van der Waals surface area contributed by atoms with E-state index in [1.807, 2.05) is 13.8 Å². The summed E-state index contributed by atoms with van der Waals surface area (Å²) in [5.74, 6) is -1.70. The van der Waals surface area contributed by atoms with Crippen LogP contribution in [0.3, 0.4) is 0 Å². The van der Waals surface area contributed by atoms with Gasteiger partial charge in [0.2, 0.25) is 11.8 Å². The molecule has 5 rings (SSSR count). The molecule has 3 aromatic carbocycles. The van der Waals surface area contributed by atoms with Crippen molar-refractivity contribution in [1.82, 2.24) is 24.7 Å². The van der Waals surface area contributed by atoms with Gasteiger partial charge in [-0.3, -0.25) is 9.59 Å². The molecule has 4 aromatic rings. The minimum atomic E-state index is -0.621. The van der Waals surface area contributed by atoms with E-state index in [9.17, 15) is 14.0 Å². The third kappa shape index (κ3) is 9.72. The van der Waals surface area contributed by atoms with Crippen LogP contribution in [0.2, 0.25) is 5.02 Å². The molecule has 1 saturated heterocycles. The highest BCUT2D eigenvalue weighted by atomic mass is 35.5. The molecule has 0 aliphatic carbocycles. The van der Waals surface area contributed by atoms with Gasteiger partial charge in [0, 0.05) is 75.0 Å². The zero-order valence-corrected chi connectivity index (χ0v) is 30.8. The predicted molar refractivity (Wildman–Crippen MR) is 198 cm³/mol. The molecular weight excluding hydrogens is 692 g/mol. The summed E-state index contributed by atoms with van der Waals surface area (Å²) in [5.41, 5.74) is 2.12. The van der Waals surface area contributed by atoms with E-state index in [-0.39, 0.29) is 39.8 Å². The molecular formula is C38H44ClF2N7O4. The summed E-state index contributed by atoms with van der Waals surface area (Å²) in [6.07, 6.45) is 2.04. The van der Waals surface area contributed by atoms with E-state index >= 15 is 4.39 Å². The lowest BCUT2D eigenvalue weighted by atomic mass is 10.1. The van der Waals surface area contributed by atoms with Gasteiger partial charge in [-0.15, -0.1) is 0 Å². The first-order valence-electron chi connectivity index (χ1n) is 17.3. The van der Waals surface area contributed by atoms with E-state index in [1.165, 1.54) is 42.6 Å². The molecule has 14 heteroatoms. The van der Waals surface area contributed by atoms with Crippen LogP contribution in [-0.4, -0.2) is 95.9 Å². The van der Waals surface area contributed by atoms with Crippen LogP contribution in [0, 0.1) is 25.5 Å². The van der Waals surface area contributed by atoms with Gasteiger partial charge < -0.3 is 34.8 Å². The number of amides is 2. The van der Waals surface area contributed by atoms with Crippen molar-refractivity contribution in [3.63, 3.8) is 0 Å². The maximum atomic E-state index is 15.1. The summed E-state index contributed by atoms with van der Waals surface area (Å²) in [6, 6.07) is 11.6. The topological polar surface area (TPSA) is 112 Å². The fourth-order valence-electron chi connectivity index (χ4n) is 5.83. The highest BCUT2D eigenvalue weighted by molar-refractivity contribution is 6.32. The smallest absolute Gasteiger partial charge is 0.262 e. The second-order valence-corrected chi connectivity index (χ2v) is 13.0. The lowest BCUT2D eigenvalue weighted by Crippen LogP contribution is -2.44. The number of carbonyl (C=O) groups is 2. The number of piperazine rings is 1. The average Bonchev–Trinajstić information content (AvgIpc) is 3.11. The normalized spacial score (nSPS) is 13.5. The molecule has 0 saturated carbocycles. The second kappa shape index (κ2) is 17.6. The molecule has 0 bridgehead atoms.